The molecule has 5 aromatic rings. The summed E-state index contributed by atoms with van der Waals surface area (Å²) in [5, 5.41) is 2.76. The zero-order chi connectivity index (χ0) is 25.5. The molecule has 1 aliphatic rings. The van der Waals surface area contributed by atoms with Crippen molar-refractivity contribution in [3.8, 4) is 44.5 Å². The molecule has 1 aliphatic carbocycles. The molecule has 0 N–H and O–H groups in total. The van der Waals surface area contributed by atoms with Crippen molar-refractivity contribution in [2.45, 2.75) is 55.4 Å². The Bertz CT molecular complexity index is 1690. The molecule has 6 rings (SSSR count). The monoisotopic (exact) mass is 466 g/mol. The van der Waals surface area contributed by atoms with Gasteiger partial charge in [-0.25, -0.2) is 0 Å². The second-order valence-corrected chi connectivity index (χ2v) is 10.9. The molecule has 0 aromatic heterocycles. The molecule has 0 atom stereocenters. The third kappa shape index (κ3) is 3.07. The molecule has 0 spiro atoms. The average Bonchev–Trinajstić information content (AvgIpc) is 3.18. The number of benzene rings is 5. The van der Waals surface area contributed by atoms with E-state index in [9.17, 15) is 0 Å². The van der Waals surface area contributed by atoms with Crippen LogP contribution in [-0.4, -0.2) is 0 Å². The van der Waals surface area contributed by atoms with Crippen molar-refractivity contribution >= 4 is 10.8 Å². The van der Waals surface area contributed by atoms with Crippen LogP contribution in [0.1, 0.15) is 44.5 Å². The molecule has 0 heteroatoms. The molecule has 0 bridgehead atoms. The molecule has 0 saturated heterocycles. The summed E-state index contributed by atoms with van der Waals surface area (Å²) in [5.74, 6) is 0. The van der Waals surface area contributed by atoms with Crippen LogP contribution in [0, 0.1) is 55.4 Å². The fourth-order valence-electron chi connectivity index (χ4n) is 6.50. The maximum absolute atomic E-state index is 2.44. The summed E-state index contributed by atoms with van der Waals surface area (Å²) in [7, 11) is 0. The average molecular weight is 467 g/mol. The number of aryl methyl sites for hydroxylation is 4. The second kappa shape index (κ2) is 7.93. The first-order valence-electron chi connectivity index (χ1n) is 13.0. The van der Waals surface area contributed by atoms with Crippen molar-refractivity contribution in [3.63, 3.8) is 0 Å². The minimum Gasteiger partial charge on any atom is -0.0610 e. The number of fused-ring (bicyclic) bond motifs is 3. The molecule has 0 unspecified atom stereocenters. The van der Waals surface area contributed by atoms with Crippen molar-refractivity contribution < 1.29 is 0 Å². The van der Waals surface area contributed by atoms with E-state index in [-0.39, 0.29) is 0 Å². The summed E-state index contributed by atoms with van der Waals surface area (Å²) >= 11 is 0. The van der Waals surface area contributed by atoms with E-state index in [2.05, 4.69) is 116 Å². The van der Waals surface area contributed by atoms with Gasteiger partial charge in [-0.1, -0.05) is 54.6 Å². The number of rotatable bonds is 2. The molecule has 0 saturated carbocycles. The summed E-state index contributed by atoms with van der Waals surface area (Å²) in [6.07, 6.45) is 0. The van der Waals surface area contributed by atoms with E-state index < -0.39 is 0 Å². The molecule has 0 aliphatic heterocycles. The molecular formula is C36H34. The molecule has 0 nitrogen and oxygen atoms in total. The first kappa shape index (κ1) is 22.8. The first-order valence-corrected chi connectivity index (χ1v) is 13.0. The van der Waals surface area contributed by atoms with E-state index in [1.54, 1.807) is 0 Å². The van der Waals surface area contributed by atoms with Gasteiger partial charge in [-0.15, -0.1) is 0 Å². The Balaban J connectivity index is 1.62. The highest BCUT2D eigenvalue weighted by atomic mass is 14.3. The fraction of sp³-hybridized carbons (Fsp3) is 0.222. The summed E-state index contributed by atoms with van der Waals surface area (Å²) in [4.78, 5) is 0. The highest BCUT2D eigenvalue weighted by molar-refractivity contribution is 6.19. The first-order chi connectivity index (χ1) is 17.2. The normalized spacial score (nSPS) is 11.9. The zero-order valence-electron chi connectivity index (χ0n) is 22.8. The van der Waals surface area contributed by atoms with E-state index in [1.165, 1.54) is 99.8 Å². The Kier molecular flexibility index (Phi) is 5.02. The van der Waals surface area contributed by atoms with Gasteiger partial charge in [-0.05, 0) is 161 Å². The van der Waals surface area contributed by atoms with Gasteiger partial charge in [0, 0.05) is 0 Å². The Labute approximate surface area is 215 Å². The summed E-state index contributed by atoms with van der Waals surface area (Å²) < 4.78 is 0. The number of hydrogen-bond acceptors (Lipinski definition) is 0. The van der Waals surface area contributed by atoms with Crippen LogP contribution in [0.15, 0.2) is 60.7 Å². The van der Waals surface area contributed by atoms with Crippen molar-refractivity contribution in [2.24, 2.45) is 0 Å². The summed E-state index contributed by atoms with van der Waals surface area (Å²) in [6.45, 7) is 18.0. The molecule has 0 fully saturated rings. The van der Waals surface area contributed by atoms with Crippen LogP contribution in [0.5, 0.6) is 0 Å². The highest BCUT2D eigenvalue weighted by Crippen LogP contribution is 2.51. The van der Waals surface area contributed by atoms with E-state index in [0.717, 1.165) is 0 Å². The molecular weight excluding hydrogens is 432 g/mol. The van der Waals surface area contributed by atoms with E-state index in [1.807, 2.05) is 0 Å². The van der Waals surface area contributed by atoms with Crippen molar-refractivity contribution in [2.75, 3.05) is 0 Å². The smallest absolute Gasteiger partial charge is 0.00201 e. The highest BCUT2D eigenvalue weighted by Gasteiger charge is 2.25. The van der Waals surface area contributed by atoms with E-state index in [4.69, 9.17) is 0 Å². The van der Waals surface area contributed by atoms with Crippen LogP contribution in [0.25, 0.3) is 55.3 Å². The molecule has 0 amide bonds. The van der Waals surface area contributed by atoms with Gasteiger partial charge >= 0.3 is 0 Å². The third-order valence-corrected chi connectivity index (χ3v) is 8.93. The van der Waals surface area contributed by atoms with Crippen LogP contribution in [0.3, 0.4) is 0 Å². The van der Waals surface area contributed by atoms with Gasteiger partial charge in [-0.2, -0.15) is 0 Å². The minimum atomic E-state index is 1.32. The van der Waals surface area contributed by atoms with Crippen molar-refractivity contribution in [3.05, 3.63) is 105 Å². The summed E-state index contributed by atoms with van der Waals surface area (Å²) in [5.41, 5.74) is 21.9. The van der Waals surface area contributed by atoms with Gasteiger partial charge < -0.3 is 0 Å². The molecule has 0 heterocycles. The van der Waals surface area contributed by atoms with E-state index >= 15 is 0 Å². The Morgan fingerprint density at radius 3 is 1.50 bits per heavy atom. The molecule has 5 aromatic carbocycles. The van der Waals surface area contributed by atoms with Crippen molar-refractivity contribution in [1.29, 1.82) is 0 Å². The van der Waals surface area contributed by atoms with Crippen LogP contribution >= 0.6 is 0 Å². The van der Waals surface area contributed by atoms with Crippen LogP contribution in [-0.2, 0) is 0 Å². The van der Waals surface area contributed by atoms with Crippen LogP contribution < -0.4 is 0 Å². The van der Waals surface area contributed by atoms with Gasteiger partial charge in [0.25, 0.3) is 0 Å². The van der Waals surface area contributed by atoms with Gasteiger partial charge in [-0.3, -0.25) is 0 Å². The molecule has 36 heavy (non-hydrogen) atoms. The van der Waals surface area contributed by atoms with Crippen molar-refractivity contribution in [1.82, 2.24) is 0 Å². The zero-order valence-corrected chi connectivity index (χ0v) is 22.8. The summed E-state index contributed by atoms with van der Waals surface area (Å²) in [6, 6.07) is 23.3. The SMILES string of the molecule is Cc1cc(C)c(C)c(-c2ccc3c(c2)-c2cccc4c(-c5c(C)c(C)cc(C)c5C)ccc-3c24)c1C. The molecule has 0 radical (unpaired) electrons. The lowest BCUT2D eigenvalue weighted by molar-refractivity contribution is 1.24. The quantitative estimate of drug-likeness (QED) is 0.238. The predicted molar refractivity (Wildman–Crippen MR) is 157 cm³/mol. The topological polar surface area (TPSA) is 0 Å². The predicted octanol–water partition coefficient (Wildman–Crippen LogP) is 10.3. The Morgan fingerprint density at radius 1 is 0.389 bits per heavy atom. The Hall–Kier alpha value is -3.64. The maximum Gasteiger partial charge on any atom is -0.00201 e. The lowest BCUT2D eigenvalue weighted by Crippen LogP contribution is -1.96. The number of hydrogen-bond donors (Lipinski definition) is 0. The van der Waals surface area contributed by atoms with Gasteiger partial charge in [0.15, 0.2) is 0 Å². The third-order valence-electron chi connectivity index (χ3n) is 8.93. The lowest BCUT2D eigenvalue weighted by atomic mass is 9.86. The van der Waals surface area contributed by atoms with Gasteiger partial charge in [0.2, 0.25) is 0 Å². The molecule has 178 valence electrons. The maximum atomic E-state index is 2.44. The van der Waals surface area contributed by atoms with E-state index in [0.29, 0.717) is 0 Å². The van der Waals surface area contributed by atoms with Gasteiger partial charge in [0.1, 0.15) is 0 Å². The Morgan fingerprint density at radius 2 is 0.889 bits per heavy atom. The largest absolute Gasteiger partial charge is 0.0610 e. The van der Waals surface area contributed by atoms with Crippen LogP contribution in [0.2, 0.25) is 0 Å². The minimum absolute atomic E-state index is 1.32. The van der Waals surface area contributed by atoms with Gasteiger partial charge in [0.05, 0.1) is 0 Å². The van der Waals surface area contributed by atoms with Crippen LogP contribution in [0.4, 0.5) is 0 Å². The fourth-order valence-corrected chi connectivity index (χ4v) is 6.50. The lowest BCUT2D eigenvalue weighted by Gasteiger charge is -2.18. The standard InChI is InChI=1S/C36H34/c1-19-16-20(2)24(6)34(23(19)5)27-12-13-28-31-14-15-32(35-25(7)21(3)17-22(4)26(35)8)29-10-9-11-30(36(29)31)33(28)18-27/h9-18H,1-8H3. The second-order valence-electron chi connectivity index (χ2n) is 10.9.